The van der Waals surface area contributed by atoms with Gasteiger partial charge in [-0.1, -0.05) is 12.1 Å². The number of nitrogens with one attached hydrogen (secondary N) is 2. The number of rotatable bonds is 8. The fourth-order valence-corrected chi connectivity index (χ4v) is 3.75. The Morgan fingerprint density at radius 1 is 0.968 bits per heavy atom. The second kappa shape index (κ2) is 9.67. The second-order valence-electron chi connectivity index (χ2n) is 6.50. The summed E-state index contributed by atoms with van der Waals surface area (Å²) in [7, 11) is -4.03. The summed E-state index contributed by atoms with van der Waals surface area (Å²) < 4.78 is 60.0. The Bertz CT molecular complexity index is 1170. The van der Waals surface area contributed by atoms with Gasteiger partial charge in [0.2, 0.25) is 10.0 Å². The Balaban J connectivity index is 1.75. The summed E-state index contributed by atoms with van der Waals surface area (Å²) in [6.45, 7) is 2.25. The van der Waals surface area contributed by atoms with E-state index in [9.17, 15) is 22.0 Å². The molecular weight excluding hydrogens is 426 g/mol. The number of carbonyl (C=O) groups excluding carboxylic acids is 1. The minimum Gasteiger partial charge on any atom is -0.494 e. The van der Waals surface area contributed by atoms with Crippen molar-refractivity contribution in [3.63, 3.8) is 0 Å². The average molecular weight is 446 g/mol. The molecule has 1 amide bonds. The van der Waals surface area contributed by atoms with Crippen molar-refractivity contribution in [2.45, 2.75) is 18.4 Å². The monoisotopic (exact) mass is 446 g/mol. The van der Waals surface area contributed by atoms with Gasteiger partial charge in [0, 0.05) is 12.2 Å². The highest BCUT2D eigenvalue weighted by molar-refractivity contribution is 7.89. The summed E-state index contributed by atoms with van der Waals surface area (Å²) in [6.07, 6.45) is 0. The van der Waals surface area contributed by atoms with Gasteiger partial charge in [-0.05, 0) is 67.1 Å². The molecule has 3 rings (SSSR count). The van der Waals surface area contributed by atoms with Crippen LogP contribution >= 0.6 is 0 Å². The number of hydrogen-bond donors (Lipinski definition) is 2. The summed E-state index contributed by atoms with van der Waals surface area (Å²) >= 11 is 0. The molecule has 0 aliphatic heterocycles. The van der Waals surface area contributed by atoms with Crippen LogP contribution < -0.4 is 14.8 Å². The maximum atomic E-state index is 14.2. The summed E-state index contributed by atoms with van der Waals surface area (Å²) in [6, 6.07) is 14.7. The lowest BCUT2D eigenvalue weighted by atomic mass is 10.2. The molecule has 0 aliphatic carbocycles. The molecule has 0 saturated carbocycles. The Kier molecular flexibility index (Phi) is 6.98. The lowest BCUT2D eigenvalue weighted by Gasteiger charge is -2.11. The van der Waals surface area contributed by atoms with E-state index < -0.39 is 33.1 Å². The highest BCUT2D eigenvalue weighted by Gasteiger charge is 2.19. The van der Waals surface area contributed by atoms with E-state index in [1.807, 2.05) is 6.92 Å². The zero-order chi connectivity index (χ0) is 22.4. The van der Waals surface area contributed by atoms with E-state index in [1.54, 1.807) is 24.3 Å². The lowest BCUT2D eigenvalue weighted by molar-refractivity contribution is 0.102. The molecule has 0 fully saturated rings. The van der Waals surface area contributed by atoms with Crippen LogP contribution in [0.1, 0.15) is 22.8 Å². The van der Waals surface area contributed by atoms with E-state index in [0.717, 1.165) is 18.2 Å². The van der Waals surface area contributed by atoms with E-state index in [4.69, 9.17) is 4.74 Å². The van der Waals surface area contributed by atoms with Crippen LogP contribution in [0.2, 0.25) is 0 Å². The number of halogens is 2. The maximum Gasteiger partial charge on any atom is 0.258 e. The molecule has 0 heterocycles. The number of hydrogen-bond acceptors (Lipinski definition) is 4. The summed E-state index contributed by atoms with van der Waals surface area (Å²) in [5, 5.41) is 2.52. The molecule has 9 heteroatoms. The lowest BCUT2D eigenvalue weighted by Crippen LogP contribution is -2.24. The van der Waals surface area contributed by atoms with Gasteiger partial charge in [-0.15, -0.1) is 0 Å². The third kappa shape index (κ3) is 5.87. The molecule has 0 spiro atoms. The number of anilines is 1. The third-order valence-corrected chi connectivity index (χ3v) is 5.69. The molecule has 6 nitrogen and oxygen atoms in total. The fourth-order valence-electron chi connectivity index (χ4n) is 2.71. The number of carbonyl (C=O) groups is 1. The molecule has 2 N–H and O–H groups in total. The predicted octanol–water partition coefficient (Wildman–Crippen LogP) is 4.09. The topological polar surface area (TPSA) is 84.5 Å². The SMILES string of the molecule is CCOc1ccc(NC(=O)c2cc(S(=O)(=O)NCc3ccc(F)cc3)ccc2F)cc1. The standard InChI is InChI=1S/C22H20F2N2O4S/c1-2-30-18-9-7-17(8-10-18)26-22(27)20-13-19(11-12-21(20)24)31(28,29)25-14-15-3-5-16(23)6-4-15/h3-13,25H,2,14H2,1H3,(H,26,27). The minimum absolute atomic E-state index is 0.0896. The van der Waals surface area contributed by atoms with Crippen molar-refractivity contribution in [2.24, 2.45) is 0 Å². The van der Waals surface area contributed by atoms with Gasteiger partial charge in [0.25, 0.3) is 5.91 Å². The van der Waals surface area contributed by atoms with Gasteiger partial charge in [-0.25, -0.2) is 21.9 Å². The number of sulfonamides is 1. The largest absolute Gasteiger partial charge is 0.494 e. The number of benzene rings is 3. The Labute approximate surface area is 178 Å². The summed E-state index contributed by atoms with van der Waals surface area (Å²) in [5.41, 5.74) is 0.523. The molecule has 0 aromatic heterocycles. The van der Waals surface area contributed by atoms with Crippen LogP contribution in [0.4, 0.5) is 14.5 Å². The first-order chi connectivity index (χ1) is 14.8. The molecule has 0 saturated heterocycles. The number of ether oxygens (including phenoxy) is 1. The summed E-state index contributed by atoms with van der Waals surface area (Å²) in [5.74, 6) is -1.47. The normalized spacial score (nSPS) is 11.2. The van der Waals surface area contributed by atoms with Gasteiger partial charge in [0.05, 0.1) is 17.1 Å². The molecule has 162 valence electrons. The Morgan fingerprint density at radius 2 is 1.65 bits per heavy atom. The van der Waals surface area contributed by atoms with Crippen LogP contribution in [0.15, 0.2) is 71.6 Å². The molecule has 0 aliphatic rings. The van der Waals surface area contributed by atoms with Crippen LogP contribution in [-0.4, -0.2) is 20.9 Å². The van der Waals surface area contributed by atoms with Crippen molar-refractivity contribution in [2.75, 3.05) is 11.9 Å². The van der Waals surface area contributed by atoms with Crippen molar-refractivity contribution in [3.8, 4) is 5.75 Å². The van der Waals surface area contributed by atoms with Crippen molar-refractivity contribution >= 4 is 21.6 Å². The molecule has 0 radical (unpaired) electrons. The van der Waals surface area contributed by atoms with E-state index in [2.05, 4.69) is 10.0 Å². The molecule has 0 atom stereocenters. The van der Waals surface area contributed by atoms with E-state index in [0.29, 0.717) is 23.6 Å². The molecule has 3 aromatic carbocycles. The van der Waals surface area contributed by atoms with Gasteiger partial charge < -0.3 is 10.1 Å². The van der Waals surface area contributed by atoms with Crippen LogP contribution in [0.3, 0.4) is 0 Å². The fraction of sp³-hybridized carbons (Fsp3) is 0.136. The van der Waals surface area contributed by atoms with Crippen LogP contribution in [0, 0.1) is 11.6 Å². The first-order valence-electron chi connectivity index (χ1n) is 9.36. The molecule has 3 aromatic rings. The van der Waals surface area contributed by atoms with Crippen molar-refractivity contribution in [3.05, 3.63) is 89.5 Å². The number of amides is 1. The van der Waals surface area contributed by atoms with Gasteiger partial charge in [0.1, 0.15) is 17.4 Å². The van der Waals surface area contributed by atoms with Crippen molar-refractivity contribution in [1.29, 1.82) is 0 Å². The first-order valence-corrected chi connectivity index (χ1v) is 10.8. The summed E-state index contributed by atoms with van der Waals surface area (Å²) in [4.78, 5) is 12.2. The highest BCUT2D eigenvalue weighted by atomic mass is 32.2. The first kappa shape index (κ1) is 22.4. The van der Waals surface area contributed by atoms with Gasteiger partial charge >= 0.3 is 0 Å². The van der Waals surface area contributed by atoms with E-state index >= 15 is 0 Å². The quantitative estimate of drug-likeness (QED) is 0.546. The van der Waals surface area contributed by atoms with Crippen LogP contribution in [-0.2, 0) is 16.6 Å². The third-order valence-electron chi connectivity index (χ3n) is 4.30. The van der Waals surface area contributed by atoms with Gasteiger partial charge in [-0.3, -0.25) is 4.79 Å². The van der Waals surface area contributed by atoms with Gasteiger partial charge in [0.15, 0.2) is 0 Å². The van der Waals surface area contributed by atoms with Crippen molar-refractivity contribution < 1.29 is 26.7 Å². The van der Waals surface area contributed by atoms with E-state index in [-0.39, 0.29) is 11.4 Å². The smallest absolute Gasteiger partial charge is 0.258 e. The minimum atomic E-state index is -4.03. The van der Waals surface area contributed by atoms with Crippen LogP contribution in [0.5, 0.6) is 5.75 Å². The van der Waals surface area contributed by atoms with Crippen LogP contribution in [0.25, 0.3) is 0 Å². The molecule has 0 bridgehead atoms. The van der Waals surface area contributed by atoms with Gasteiger partial charge in [-0.2, -0.15) is 0 Å². The van der Waals surface area contributed by atoms with Crippen molar-refractivity contribution in [1.82, 2.24) is 4.72 Å². The zero-order valence-electron chi connectivity index (χ0n) is 16.6. The molecular formula is C22H20F2N2O4S. The van der Waals surface area contributed by atoms with E-state index in [1.165, 1.54) is 24.3 Å². The molecule has 31 heavy (non-hydrogen) atoms. The molecule has 0 unspecified atom stereocenters. The Hall–Kier alpha value is -3.30. The Morgan fingerprint density at radius 3 is 2.29 bits per heavy atom. The predicted molar refractivity (Wildman–Crippen MR) is 112 cm³/mol. The maximum absolute atomic E-state index is 14.2. The average Bonchev–Trinajstić information content (AvgIpc) is 2.75. The second-order valence-corrected chi connectivity index (χ2v) is 8.27. The highest BCUT2D eigenvalue weighted by Crippen LogP contribution is 2.19. The zero-order valence-corrected chi connectivity index (χ0v) is 17.4.